The fourth-order valence-electron chi connectivity index (χ4n) is 1.95. The minimum atomic E-state index is -0.869. The molecule has 0 radical (unpaired) electrons. The van der Waals surface area contributed by atoms with Gasteiger partial charge in [0.1, 0.15) is 23.9 Å². The van der Waals surface area contributed by atoms with Crippen LogP contribution in [0.1, 0.15) is 26.3 Å². The second kappa shape index (κ2) is 11.7. The highest BCUT2D eigenvalue weighted by molar-refractivity contribution is 14.1. The average Bonchev–Trinajstić information content (AvgIpc) is 2.62. The number of alkyl halides is 1. The minimum absolute atomic E-state index is 0.103. The van der Waals surface area contributed by atoms with Crippen molar-refractivity contribution in [2.45, 2.75) is 33.4 Å². The van der Waals surface area contributed by atoms with Gasteiger partial charge in [-0.1, -0.05) is 44.2 Å². The number of hydrogen-bond acceptors (Lipinski definition) is 6. The van der Waals surface area contributed by atoms with Crippen LogP contribution in [0.2, 0.25) is 0 Å². The molecule has 0 spiro atoms. The third-order valence-corrected chi connectivity index (χ3v) is 3.79. The molecular weight excluding hydrogens is 453 g/mol. The highest BCUT2D eigenvalue weighted by Crippen LogP contribution is 2.08. The highest BCUT2D eigenvalue weighted by atomic mass is 127. The van der Waals surface area contributed by atoms with Crippen molar-refractivity contribution in [3.05, 3.63) is 35.9 Å². The number of hydrogen-bond donors (Lipinski definition) is 1. The summed E-state index contributed by atoms with van der Waals surface area (Å²) in [6.45, 7) is 5.15. The van der Waals surface area contributed by atoms with Crippen molar-refractivity contribution in [3.8, 4) is 0 Å². The smallest absolute Gasteiger partial charge is 0.408 e. The molecular formula is C18H24INO6. The Morgan fingerprint density at radius 1 is 1.00 bits per heavy atom. The molecule has 0 aliphatic carbocycles. The molecule has 0 saturated carbocycles. The standard InChI is InChI=1S/C18H24INO6/c1-12(2)15(17(22)24-9-13(3)16(21)26-11-19)20-18(23)25-10-14-7-5-4-6-8-14/h4-8,12-13,15H,9-11H2,1-3H3,(H,20,23)/t13?,15-/m0/s1. The van der Waals surface area contributed by atoms with E-state index in [0.29, 0.717) is 0 Å². The molecule has 0 bridgehead atoms. The van der Waals surface area contributed by atoms with Gasteiger partial charge in [-0.3, -0.25) is 4.79 Å². The summed E-state index contributed by atoms with van der Waals surface area (Å²) >= 11 is 1.91. The van der Waals surface area contributed by atoms with E-state index < -0.39 is 30.0 Å². The molecule has 26 heavy (non-hydrogen) atoms. The van der Waals surface area contributed by atoms with E-state index in [9.17, 15) is 14.4 Å². The monoisotopic (exact) mass is 477 g/mol. The molecule has 1 N–H and O–H groups in total. The van der Waals surface area contributed by atoms with Crippen molar-refractivity contribution in [2.24, 2.45) is 11.8 Å². The lowest BCUT2D eigenvalue weighted by molar-refractivity contribution is -0.154. The fourth-order valence-corrected chi connectivity index (χ4v) is 2.26. The molecule has 0 heterocycles. The predicted molar refractivity (Wildman–Crippen MR) is 103 cm³/mol. The van der Waals surface area contributed by atoms with Gasteiger partial charge < -0.3 is 19.5 Å². The Balaban J connectivity index is 2.49. The second-order valence-corrected chi connectivity index (χ2v) is 6.65. The van der Waals surface area contributed by atoms with Crippen molar-refractivity contribution in [1.29, 1.82) is 0 Å². The van der Waals surface area contributed by atoms with E-state index in [1.165, 1.54) is 0 Å². The molecule has 0 aromatic heterocycles. The summed E-state index contributed by atoms with van der Waals surface area (Å²) in [4.78, 5) is 35.7. The Labute approximate surface area is 166 Å². The topological polar surface area (TPSA) is 90.9 Å². The van der Waals surface area contributed by atoms with E-state index in [-0.39, 0.29) is 23.7 Å². The minimum Gasteiger partial charge on any atom is -0.463 e. The van der Waals surface area contributed by atoms with Crippen LogP contribution in [0.5, 0.6) is 0 Å². The second-order valence-electron chi connectivity index (χ2n) is 6.03. The van der Waals surface area contributed by atoms with Gasteiger partial charge in [-0.15, -0.1) is 0 Å². The maximum Gasteiger partial charge on any atom is 0.408 e. The van der Waals surface area contributed by atoms with Crippen LogP contribution in [0, 0.1) is 11.8 Å². The summed E-state index contributed by atoms with van der Waals surface area (Å²) in [6, 6.07) is 8.34. The zero-order chi connectivity index (χ0) is 19.5. The summed E-state index contributed by atoms with van der Waals surface area (Å²) in [5, 5.41) is 2.51. The first-order valence-electron chi connectivity index (χ1n) is 8.21. The van der Waals surface area contributed by atoms with Crippen molar-refractivity contribution < 1.29 is 28.6 Å². The number of rotatable bonds is 9. The fraction of sp³-hybridized carbons (Fsp3) is 0.500. The van der Waals surface area contributed by atoms with Gasteiger partial charge in [0.2, 0.25) is 0 Å². The number of ether oxygens (including phenoxy) is 3. The number of nitrogens with one attached hydrogen (secondary N) is 1. The van der Waals surface area contributed by atoms with Crippen LogP contribution in [0.25, 0.3) is 0 Å². The largest absolute Gasteiger partial charge is 0.463 e. The Bertz CT molecular complexity index is 593. The summed E-state index contributed by atoms with van der Waals surface area (Å²) in [7, 11) is 0. The third-order valence-electron chi connectivity index (χ3n) is 3.48. The van der Waals surface area contributed by atoms with Crippen LogP contribution < -0.4 is 5.32 Å². The molecule has 2 atom stereocenters. The average molecular weight is 477 g/mol. The number of carbonyl (C=O) groups excluding carboxylic acids is 3. The Hall–Kier alpha value is -1.84. The van der Waals surface area contributed by atoms with E-state index in [1.807, 2.05) is 52.9 Å². The van der Waals surface area contributed by atoms with E-state index >= 15 is 0 Å². The first kappa shape index (κ1) is 22.2. The first-order chi connectivity index (χ1) is 12.3. The van der Waals surface area contributed by atoms with Gasteiger partial charge >= 0.3 is 18.0 Å². The molecule has 0 fully saturated rings. The van der Waals surface area contributed by atoms with E-state index in [4.69, 9.17) is 14.2 Å². The van der Waals surface area contributed by atoms with Gasteiger partial charge in [-0.05, 0) is 41.0 Å². The number of esters is 2. The molecule has 1 aromatic rings. The molecule has 0 aliphatic rings. The zero-order valence-electron chi connectivity index (χ0n) is 15.1. The number of halogens is 1. The highest BCUT2D eigenvalue weighted by Gasteiger charge is 2.27. The Morgan fingerprint density at radius 3 is 2.23 bits per heavy atom. The van der Waals surface area contributed by atoms with Crippen LogP contribution in [-0.4, -0.2) is 35.3 Å². The summed E-state index contributed by atoms with van der Waals surface area (Å²) in [6.07, 6.45) is -0.707. The lowest BCUT2D eigenvalue weighted by Gasteiger charge is -2.21. The number of alkyl carbamates (subject to hydrolysis) is 1. The summed E-state index contributed by atoms with van der Waals surface area (Å²) in [5.41, 5.74) is 0.842. The summed E-state index contributed by atoms with van der Waals surface area (Å²) in [5.74, 6) is -1.84. The maximum absolute atomic E-state index is 12.2. The van der Waals surface area contributed by atoms with Gasteiger partial charge in [0, 0.05) is 0 Å². The Morgan fingerprint density at radius 2 is 1.65 bits per heavy atom. The molecule has 0 aliphatic heterocycles. The van der Waals surface area contributed by atoms with Crippen LogP contribution in [0.4, 0.5) is 4.79 Å². The van der Waals surface area contributed by atoms with Crippen molar-refractivity contribution in [3.63, 3.8) is 0 Å². The lowest BCUT2D eigenvalue weighted by Crippen LogP contribution is -2.46. The van der Waals surface area contributed by atoms with Crippen LogP contribution >= 0.6 is 22.6 Å². The number of carbonyl (C=O) groups is 3. The SMILES string of the molecule is CC(COC(=O)[C@@H](NC(=O)OCc1ccccc1)C(C)C)C(=O)OCI. The molecule has 8 heteroatoms. The van der Waals surface area contributed by atoms with Gasteiger partial charge in [0.25, 0.3) is 0 Å². The summed E-state index contributed by atoms with van der Waals surface area (Å²) < 4.78 is 15.4. The van der Waals surface area contributed by atoms with Crippen LogP contribution in [0.3, 0.4) is 0 Å². The molecule has 1 rings (SSSR count). The first-order valence-corrected chi connectivity index (χ1v) is 9.74. The molecule has 7 nitrogen and oxygen atoms in total. The molecule has 1 aromatic carbocycles. The van der Waals surface area contributed by atoms with Crippen molar-refractivity contribution in [1.82, 2.24) is 5.32 Å². The van der Waals surface area contributed by atoms with Gasteiger partial charge in [0.15, 0.2) is 0 Å². The van der Waals surface area contributed by atoms with E-state index in [0.717, 1.165) is 5.56 Å². The van der Waals surface area contributed by atoms with Gasteiger partial charge in [0.05, 0.1) is 5.92 Å². The van der Waals surface area contributed by atoms with Crippen molar-refractivity contribution >= 4 is 40.6 Å². The van der Waals surface area contributed by atoms with Crippen LogP contribution in [0.15, 0.2) is 30.3 Å². The van der Waals surface area contributed by atoms with E-state index in [2.05, 4.69) is 5.32 Å². The predicted octanol–water partition coefficient (Wildman–Crippen LogP) is 3.05. The van der Waals surface area contributed by atoms with E-state index in [1.54, 1.807) is 20.8 Å². The molecule has 0 saturated heterocycles. The number of amides is 1. The zero-order valence-corrected chi connectivity index (χ0v) is 17.2. The van der Waals surface area contributed by atoms with Crippen molar-refractivity contribution in [2.75, 3.05) is 11.2 Å². The van der Waals surface area contributed by atoms with Crippen LogP contribution in [-0.2, 0) is 30.4 Å². The molecule has 144 valence electrons. The number of benzene rings is 1. The maximum atomic E-state index is 12.2. The normalized spacial score (nSPS) is 12.8. The van der Waals surface area contributed by atoms with Gasteiger partial charge in [-0.2, -0.15) is 0 Å². The lowest BCUT2D eigenvalue weighted by atomic mass is 10.1. The Kier molecular flexibility index (Phi) is 10.0. The molecule has 1 amide bonds. The molecule has 1 unspecified atom stereocenters. The third kappa shape index (κ3) is 8.03. The quantitative estimate of drug-likeness (QED) is 0.255. The van der Waals surface area contributed by atoms with Gasteiger partial charge in [-0.25, -0.2) is 9.59 Å².